The number of carbonyl (C=O) groups is 1. The highest BCUT2D eigenvalue weighted by atomic mass is 79.9. The number of allylic oxidation sites excluding steroid dienone is 1. The fourth-order valence-electron chi connectivity index (χ4n) is 1.86. The van der Waals surface area contributed by atoms with Crippen molar-refractivity contribution in [3.63, 3.8) is 0 Å². The molecule has 1 aromatic carbocycles. The van der Waals surface area contributed by atoms with Gasteiger partial charge in [-0.25, -0.2) is 5.48 Å². The lowest BCUT2D eigenvalue weighted by molar-refractivity contribution is -0.124. The van der Waals surface area contributed by atoms with Crippen molar-refractivity contribution in [2.45, 2.75) is 25.9 Å². The first-order valence-electron chi connectivity index (χ1n) is 6.33. The Morgan fingerprint density at radius 1 is 1.43 bits per heavy atom. The molecule has 0 saturated heterocycles. The third kappa shape index (κ3) is 5.43. The number of hydrogen-bond donors (Lipinski definition) is 4. The number of hydroxylamine groups is 1. The van der Waals surface area contributed by atoms with Crippen molar-refractivity contribution in [2.75, 3.05) is 0 Å². The number of nitrogens with one attached hydrogen (secondary N) is 1. The first kappa shape index (κ1) is 18.2. The average molecular weight is 423 g/mol. The van der Waals surface area contributed by atoms with E-state index in [9.17, 15) is 15.0 Å². The highest BCUT2D eigenvalue weighted by Gasteiger charge is 2.21. The van der Waals surface area contributed by atoms with Gasteiger partial charge in [0.1, 0.15) is 5.75 Å². The Bertz CT molecular complexity index is 534. The summed E-state index contributed by atoms with van der Waals surface area (Å²) in [6.45, 7) is 1.86. The third-order valence-electron chi connectivity index (χ3n) is 3.08. The molecule has 0 aliphatic carbocycles. The standard InChI is InChI=1S/C14H17Br2NO4/c1-8(4-2-3-5-12(18)17-21)13(19)10-6-9(15)7-11(16)14(10)20/h3,5-8,13,19-21H,2,4H2,1H3,(H,17,18)/b5-3+/t8-,13+/m0/s1. The average Bonchev–Trinajstić information content (AvgIpc) is 2.45. The van der Waals surface area contributed by atoms with E-state index in [1.807, 2.05) is 6.92 Å². The first-order valence-corrected chi connectivity index (χ1v) is 7.92. The Morgan fingerprint density at radius 2 is 2.10 bits per heavy atom. The van der Waals surface area contributed by atoms with Crippen molar-refractivity contribution in [2.24, 2.45) is 5.92 Å². The minimum absolute atomic E-state index is 0.0211. The van der Waals surface area contributed by atoms with Gasteiger partial charge in [0.25, 0.3) is 5.91 Å². The van der Waals surface area contributed by atoms with Gasteiger partial charge < -0.3 is 10.2 Å². The summed E-state index contributed by atoms with van der Waals surface area (Å²) < 4.78 is 1.27. The van der Waals surface area contributed by atoms with Gasteiger partial charge >= 0.3 is 0 Å². The van der Waals surface area contributed by atoms with E-state index in [0.717, 1.165) is 4.47 Å². The van der Waals surface area contributed by atoms with Gasteiger partial charge in [-0.15, -0.1) is 0 Å². The molecule has 4 N–H and O–H groups in total. The molecule has 0 fully saturated rings. The predicted molar refractivity (Wildman–Crippen MR) is 85.9 cm³/mol. The topological polar surface area (TPSA) is 89.8 Å². The first-order chi connectivity index (χ1) is 9.86. The summed E-state index contributed by atoms with van der Waals surface area (Å²) in [4.78, 5) is 10.8. The van der Waals surface area contributed by atoms with E-state index < -0.39 is 12.0 Å². The molecule has 21 heavy (non-hydrogen) atoms. The molecule has 0 bridgehead atoms. The van der Waals surface area contributed by atoms with Crippen LogP contribution in [0.4, 0.5) is 0 Å². The van der Waals surface area contributed by atoms with Crippen LogP contribution in [0, 0.1) is 5.92 Å². The largest absolute Gasteiger partial charge is 0.506 e. The van der Waals surface area contributed by atoms with Crippen LogP contribution in [-0.4, -0.2) is 21.3 Å². The quantitative estimate of drug-likeness (QED) is 0.321. The lowest BCUT2D eigenvalue weighted by Crippen LogP contribution is -2.15. The van der Waals surface area contributed by atoms with Gasteiger partial charge in [-0.05, 0) is 46.8 Å². The second-order valence-electron chi connectivity index (χ2n) is 4.70. The van der Waals surface area contributed by atoms with E-state index in [0.29, 0.717) is 22.9 Å². The summed E-state index contributed by atoms with van der Waals surface area (Å²) in [5, 5.41) is 28.7. The number of aromatic hydroxyl groups is 1. The van der Waals surface area contributed by atoms with Crippen LogP contribution in [0.5, 0.6) is 5.75 Å². The summed E-state index contributed by atoms with van der Waals surface area (Å²) in [5.41, 5.74) is 1.95. The lowest BCUT2D eigenvalue weighted by atomic mass is 9.93. The van der Waals surface area contributed by atoms with Crippen LogP contribution in [0.25, 0.3) is 0 Å². The highest BCUT2D eigenvalue weighted by Crippen LogP contribution is 2.38. The Balaban J connectivity index is 2.68. The zero-order chi connectivity index (χ0) is 16.0. The predicted octanol–water partition coefficient (Wildman–Crippen LogP) is 3.43. The minimum atomic E-state index is -0.820. The van der Waals surface area contributed by atoms with E-state index >= 15 is 0 Å². The molecule has 0 unspecified atom stereocenters. The van der Waals surface area contributed by atoms with Gasteiger partial charge in [0.05, 0.1) is 10.6 Å². The zero-order valence-electron chi connectivity index (χ0n) is 11.4. The van der Waals surface area contributed by atoms with Crippen LogP contribution >= 0.6 is 31.9 Å². The minimum Gasteiger partial charge on any atom is -0.506 e. The molecule has 7 heteroatoms. The lowest BCUT2D eigenvalue weighted by Gasteiger charge is -2.20. The Kier molecular flexibility index (Phi) is 7.37. The highest BCUT2D eigenvalue weighted by molar-refractivity contribution is 9.11. The molecule has 0 aliphatic rings. The molecule has 0 aliphatic heterocycles. The maximum atomic E-state index is 10.8. The third-order valence-corrected chi connectivity index (χ3v) is 4.15. The molecule has 1 amide bonds. The number of halogens is 2. The van der Waals surface area contributed by atoms with Crippen molar-refractivity contribution in [1.82, 2.24) is 5.48 Å². The Labute approximate surface area is 139 Å². The van der Waals surface area contributed by atoms with Crippen molar-refractivity contribution < 1.29 is 20.2 Å². The number of hydrogen-bond acceptors (Lipinski definition) is 4. The molecule has 0 spiro atoms. The summed E-state index contributed by atoms with van der Waals surface area (Å²) in [7, 11) is 0. The van der Waals surface area contributed by atoms with E-state index in [1.54, 1.807) is 18.2 Å². The number of benzene rings is 1. The van der Waals surface area contributed by atoms with E-state index in [4.69, 9.17) is 5.21 Å². The number of aliphatic hydroxyl groups excluding tert-OH is 1. The smallest absolute Gasteiger partial charge is 0.267 e. The molecule has 0 saturated carbocycles. The summed E-state index contributed by atoms with van der Waals surface area (Å²) in [5.74, 6) is -0.677. The van der Waals surface area contributed by atoms with Gasteiger partial charge in [-0.3, -0.25) is 10.0 Å². The molecule has 2 atom stereocenters. The molecular weight excluding hydrogens is 406 g/mol. The van der Waals surface area contributed by atoms with Crippen LogP contribution < -0.4 is 5.48 Å². The fourth-order valence-corrected chi connectivity index (χ4v) is 3.12. The number of carbonyl (C=O) groups excluding carboxylic acids is 1. The van der Waals surface area contributed by atoms with Gasteiger partial charge in [-0.1, -0.05) is 28.9 Å². The molecule has 0 aromatic heterocycles. The molecule has 1 aromatic rings. The Hall–Kier alpha value is -0.890. The maximum Gasteiger partial charge on any atom is 0.267 e. The van der Waals surface area contributed by atoms with Crippen LogP contribution in [-0.2, 0) is 4.79 Å². The zero-order valence-corrected chi connectivity index (χ0v) is 14.6. The second kappa shape index (κ2) is 8.53. The number of phenolic OH excluding ortho intramolecular Hbond substituents is 1. The van der Waals surface area contributed by atoms with Crippen LogP contribution in [0.15, 0.2) is 33.2 Å². The van der Waals surface area contributed by atoms with Crippen LogP contribution in [0.3, 0.4) is 0 Å². The Morgan fingerprint density at radius 3 is 2.71 bits per heavy atom. The fraction of sp³-hybridized carbons (Fsp3) is 0.357. The number of aliphatic hydroxyl groups is 1. The normalized spacial score (nSPS) is 14.1. The van der Waals surface area contributed by atoms with Crippen LogP contribution in [0.1, 0.15) is 31.4 Å². The van der Waals surface area contributed by atoms with Crippen molar-refractivity contribution in [3.05, 3.63) is 38.8 Å². The molecule has 0 radical (unpaired) electrons. The maximum absolute atomic E-state index is 10.8. The monoisotopic (exact) mass is 421 g/mol. The van der Waals surface area contributed by atoms with E-state index in [-0.39, 0.29) is 11.7 Å². The van der Waals surface area contributed by atoms with E-state index in [2.05, 4.69) is 31.9 Å². The summed E-state index contributed by atoms with van der Waals surface area (Å²) in [6, 6.07) is 3.38. The molecular formula is C14H17Br2NO4. The molecule has 1 rings (SSSR count). The summed E-state index contributed by atoms with van der Waals surface area (Å²) >= 11 is 6.55. The SMILES string of the molecule is C[C@@H](CC/C=C/C(=O)NO)[C@@H](O)c1cc(Br)cc(Br)c1O. The molecule has 116 valence electrons. The number of rotatable bonds is 6. The number of phenols is 1. The van der Waals surface area contributed by atoms with Gasteiger partial charge in [-0.2, -0.15) is 0 Å². The van der Waals surface area contributed by atoms with Crippen molar-refractivity contribution in [1.29, 1.82) is 0 Å². The molecule has 5 nitrogen and oxygen atoms in total. The van der Waals surface area contributed by atoms with Gasteiger partial charge in [0.15, 0.2) is 0 Å². The van der Waals surface area contributed by atoms with Crippen molar-refractivity contribution >= 4 is 37.8 Å². The van der Waals surface area contributed by atoms with Crippen molar-refractivity contribution in [3.8, 4) is 5.75 Å². The molecule has 0 heterocycles. The summed E-state index contributed by atoms with van der Waals surface area (Å²) in [6.07, 6.45) is 3.22. The van der Waals surface area contributed by atoms with E-state index in [1.165, 1.54) is 11.6 Å². The van der Waals surface area contributed by atoms with Crippen LogP contribution in [0.2, 0.25) is 0 Å². The second-order valence-corrected chi connectivity index (χ2v) is 6.47. The van der Waals surface area contributed by atoms with Gasteiger partial charge in [0.2, 0.25) is 0 Å². The van der Waals surface area contributed by atoms with Gasteiger partial charge in [0, 0.05) is 16.1 Å². The number of amides is 1.